The van der Waals surface area contributed by atoms with Gasteiger partial charge in [0.2, 0.25) is 15.9 Å². The predicted molar refractivity (Wildman–Crippen MR) is 142 cm³/mol. The molecule has 0 spiro atoms. The van der Waals surface area contributed by atoms with Gasteiger partial charge in [0.15, 0.2) is 0 Å². The maximum Gasteiger partial charge on any atom is 0.243 e. The Bertz CT molecular complexity index is 1230. The van der Waals surface area contributed by atoms with Crippen molar-refractivity contribution in [3.63, 3.8) is 0 Å². The number of benzene rings is 2. The summed E-state index contributed by atoms with van der Waals surface area (Å²) in [4.78, 5) is 13.2. The fourth-order valence-electron chi connectivity index (χ4n) is 4.73. The van der Waals surface area contributed by atoms with Crippen LogP contribution < -0.4 is 15.4 Å². The number of ether oxygens (including phenoxy) is 1. The standard InChI is InChI=1S/C27H36ClN3O4S/c1-18-7-9-21(16-23(18)28)36(33,34)31-12-5-6-20(31)15-26(32)30-24-11-13-35-25-14-19(8-10-22(24)25)17-29-27(2,3)4/h7-10,14,16,20,24,29H,5-6,11-13,15,17H2,1-4H3,(H,30,32). The minimum absolute atomic E-state index is 0.0145. The van der Waals surface area contributed by atoms with Crippen molar-refractivity contribution < 1.29 is 17.9 Å². The van der Waals surface area contributed by atoms with Gasteiger partial charge in [-0.3, -0.25) is 4.79 Å². The zero-order chi connectivity index (χ0) is 26.1. The predicted octanol–water partition coefficient (Wildman–Crippen LogP) is 4.72. The van der Waals surface area contributed by atoms with Crippen molar-refractivity contribution in [3.8, 4) is 5.75 Å². The Morgan fingerprint density at radius 1 is 1.17 bits per heavy atom. The van der Waals surface area contributed by atoms with Gasteiger partial charge in [0, 0.05) is 48.1 Å². The summed E-state index contributed by atoms with van der Waals surface area (Å²) in [6, 6.07) is 10.4. The molecule has 2 aliphatic heterocycles. The van der Waals surface area contributed by atoms with Crippen LogP contribution in [0.3, 0.4) is 0 Å². The molecule has 0 saturated carbocycles. The second-order valence-electron chi connectivity index (χ2n) is 10.8. The molecule has 2 heterocycles. The van der Waals surface area contributed by atoms with Gasteiger partial charge in [-0.2, -0.15) is 4.31 Å². The normalized spacial score (nSPS) is 20.6. The van der Waals surface area contributed by atoms with Gasteiger partial charge < -0.3 is 15.4 Å². The third kappa shape index (κ3) is 6.22. The summed E-state index contributed by atoms with van der Waals surface area (Å²) in [5.41, 5.74) is 2.92. The maximum absolute atomic E-state index is 13.3. The summed E-state index contributed by atoms with van der Waals surface area (Å²) in [5.74, 6) is 0.640. The van der Waals surface area contributed by atoms with Crippen molar-refractivity contribution in [2.45, 2.75) is 82.4 Å². The highest BCUT2D eigenvalue weighted by atomic mass is 35.5. The van der Waals surface area contributed by atoms with Crippen LogP contribution in [0.25, 0.3) is 0 Å². The average Bonchev–Trinajstić information content (AvgIpc) is 3.28. The highest BCUT2D eigenvalue weighted by Gasteiger charge is 2.37. The van der Waals surface area contributed by atoms with Crippen LogP contribution in [0.2, 0.25) is 5.02 Å². The monoisotopic (exact) mass is 533 g/mol. The maximum atomic E-state index is 13.3. The summed E-state index contributed by atoms with van der Waals surface area (Å²) in [7, 11) is -3.73. The lowest BCUT2D eigenvalue weighted by molar-refractivity contribution is -0.122. The molecular formula is C27H36ClN3O4S. The van der Waals surface area contributed by atoms with E-state index in [1.54, 1.807) is 12.1 Å². The number of rotatable bonds is 7. The molecule has 2 aromatic rings. The molecule has 0 aliphatic carbocycles. The van der Waals surface area contributed by atoms with E-state index in [0.29, 0.717) is 31.0 Å². The first-order valence-corrected chi connectivity index (χ1v) is 14.3. The molecule has 9 heteroatoms. The van der Waals surface area contributed by atoms with E-state index in [9.17, 15) is 13.2 Å². The van der Waals surface area contributed by atoms with Gasteiger partial charge in [-0.1, -0.05) is 29.8 Å². The first-order valence-electron chi connectivity index (χ1n) is 12.5. The molecule has 2 N–H and O–H groups in total. The molecule has 0 aromatic heterocycles. The molecule has 4 rings (SSSR count). The molecule has 1 amide bonds. The van der Waals surface area contributed by atoms with Gasteiger partial charge in [-0.15, -0.1) is 0 Å². The van der Waals surface area contributed by atoms with Gasteiger partial charge >= 0.3 is 0 Å². The SMILES string of the molecule is Cc1ccc(S(=O)(=O)N2CCCC2CC(=O)NC2CCOc3cc(CNC(C)(C)C)ccc32)cc1Cl. The van der Waals surface area contributed by atoms with Gasteiger partial charge in [0.25, 0.3) is 0 Å². The highest BCUT2D eigenvalue weighted by Crippen LogP contribution is 2.34. The number of carbonyl (C=O) groups excluding carboxylic acids is 1. The number of hydrogen-bond acceptors (Lipinski definition) is 5. The molecule has 36 heavy (non-hydrogen) atoms. The number of sulfonamides is 1. The molecule has 2 unspecified atom stereocenters. The lowest BCUT2D eigenvalue weighted by Gasteiger charge is -2.29. The van der Waals surface area contributed by atoms with Crippen molar-refractivity contribution in [2.24, 2.45) is 0 Å². The smallest absolute Gasteiger partial charge is 0.243 e. The zero-order valence-electron chi connectivity index (χ0n) is 21.4. The molecular weight excluding hydrogens is 498 g/mol. The quantitative estimate of drug-likeness (QED) is 0.537. The van der Waals surface area contributed by atoms with Crippen LogP contribution in [-0.4, -0.2) is 43.4 Å². The Hall–Kier alpha value is -2.13. The first-order chi connectivity index (χ1) is 16.9. The number of carbonyl (C=O) groups is 1. The number of nitrogens with zero attached hydrogens (tertiary/aromatic N) is 1. The fraction of sp³-hybridized carbons (Fsp3) is 0.519. The van der Waals surface area contributed by atoms with Crippen LogP contribution in [0.1, 0.15) is 69.2 Å². The Labute approximate surface area is 219 Å². The summed E-state index contributed by atoms with van der Waals surface area (Å²) >= 11 is 6.18. The Morgan fingerprint density at radius 3 is 2.67 bits per heavy atom. The summed E-state index contributed by atoms with van der Waals surface area (Å²) in [5, 5.41) is 7.02. The third-order valence-electron chi connectivity index (χ3n) is 6.77. The Morgan fingerprint density at radius 2 is 1.94 bits per heavy atom. The van der Waals surface area contributed by atoms with Crippen molar-refractivity contribution in [1.29, 1.82) is 0 Å². The molecule has 2 aromatic carbocycles. The third-order valence-corrected chi connectivity index (χ3v) is 9.12. The number of aryl methyl sites for hydroxylation is 1. The largest absolute Gasteiger partial charge is 0.493 e. The molecule has 0 radical (unpaired) electrons. The van der Waals surface area contributed by atoms with Crippen LogP contribution >= 0.6 is 11.6 Å². The second kappa shape index (κ2) is 10.7. The fourth-order valence-corrected chi connectivity index (χ4v) is 6.69. The van der Waals surface area contributed by atoms with Crippen LogP contribution in [0.5, 0.6) is 5.75 Å². The average molecular weight is 534 g/mol. The van der Waals surface area contributed by atoms with E-state index in [1.165, 1.54) is 10.4 Å². The summed E-state index contributed by atoms with van der Waals surface area (Å²) < 4.78 is 34.0. The van der Waals surface area contributed by atoms with Crippen molar-refractivity contribution in [2.75, 3.05) is 13.2 Å². The first kappa shape index (κ1) is 26.9. The number of halogens is 1. The van der Waals surface area contributed by atoms with E-state index in [0.717, 1.165) is 35.4 Å². The van der Waals surface area contributed by atoms with Gasteiger partial charge in [0.1, 0.15) is 5.75 Å². The van der Waals surface area contributed by atoms with E-state index in [-0.39, 0.29) is 34.8 Å². The Balaban J connectivity index is 1.42. The van der Waals surface area contributed by atoms with Crippen LogP contribution in [0.15, 0.2) is 41.3 Å². The van der Waals surface area contributed by atoms with Crippen LogP contribution in [-0.2, 0) is 21.4 Å². The summed E-state index contributed by atoms with van der Waals surface area (Å²) in [6.07, 6.45) is 2.18. The molecule has 1 fully saturated rings. The van der Waals surface area contributed by atoms with Crippen LogP contribution in [0.4, 0.5) is 0 Å². The van der Waals surface area contributed by atoms with Gasteiger partial charge in [-0.05, 0) is 69.9 Å². The minimum atomic E-state index is -3.73. The number of amides is 1. The number of fused-ring (bicyclic) bond motifs is 1. The van der Waals surface area contributed by atoms with Crippen molar-refractivity contribution in [1.82, 2.24) is 14.9 Å². The molecule has 196 valence electrons. The van der Waals surface area contributed by atoms with Crippen molar-refractivity contribution in [3.05, 3.63) is 58.1 Å². The molecule has 7 nitrogen and oxygen atoms in total. The van der Waals surface area contributed by atoms with E-state index < -0.39 is 10.0 Å². The van der Waals surface area contributed by atoms with Crippen molar-refractivity contribution >= 4 is 27.5 Å². The number of hydrogen-bond donors (Lipinski definition) is 2. The van der Waals surface area contributed by atoms with E-state index in [2.05, 4.69) is 37.5 Å². The molecule has 0 bridgehead atoms. The number of nitrogens with one attached hydrogen (secondary N) is 2. The van der Waals surface area contributed by atoms with E-state index >= 15 is 0 Å². The summed E-state index contributed by atoms with van der Waals surface area (Å²) in [6.45, 7) is 9.86. The highest BCUT2D eigenvalue weighted by molar-refractivity contribution is 7.89. The molecule has 1 saturated heterocycles. The van der Waals surface area contributed by atoms with Gasteiger partial charge in [0.05, 0.1) is 17.5 Å². The second-order valence-corrected chi connectivity index (χ2v) is 13.1. The van der Waals surface area contributed by atoms with Crippen LogP contribution in [0, 0.1) is 6.92 Å². The Kier molecular flexibility index (Phi) is 8.00. The molecule has 2 aliphatic rings. The van der Waals surface area contributed by atoms with Gasteiger partial charge in [-0.25, -0.2) is 8.42 Å². The zero-order valence-corrected chi connectivity index (χ0v) is 23.0. The van der Waals surface area contributed by atoms with E-state index in [1.807, 2.05) is 19.1 Å². The van der Waals surface area contributed by atoms with E-state index in [4.69, 9.17) is 16.3 Å². The lowest BCUT2D eigenvalue weighted by atomic mass is 9.98. The minimum Gasteiger partial charge on any atom is -0.493 e. The lowest BCUT2D eigenvalue weighted by Crippen LogP contribution is -2.40. The molecule has 2 atom stereocenters. The topological polar surface area (TPSA) is 87.7 Å².